The van der Waals surface area contributed by atoms with Gasteiger partial charge in [-0.1, -0.05) is 44.5 Å². The topological polar surface area (TPSA) is 49.9 Å². The number of carbonyl (C=O) groups excluding carboxylic acids is 2. The van der Waals surface area contributed by atoms with Gasteiger partial charge in [-0.05, 0) is 36.9 Å². The summed E-state index contributed by atoms with van der Waals surface area (Å²) in [7, 11) is 1.36. The molecular weight excluding hydrogens is 352 g/mol. The van der Waals surface area contributed by atoms with Gasteiger partial charge in [-0.3, -0.25) is 9.59 Å². The Bertz CT molecular complexity index is 598. The van der Waals surface area contributed by atoms with Crippen molar-refractivity contribution in [1.82, 2.24) is 9.80 Å². The number of ether oxygens (including phenoxy) is 1. The largest absolute Gasteiger partial charge is 0.469 e. The van der Waals surface area contributed by atoms with Gasteiger partial charge in [0.05, 0.1) is 13.0 Å². The highest BCUT2D eigenvalue weighted by Gasteiger charge is 2.20. The fraction of sp³-hybridized carbons (Fsp3) is 0.500. The Kier molecular flexibility index (Phi) is 9.99. The lowest BCUT2D eigenvalue weighted by molar-refractivity contribution is -0.146. The number of rotatable bonds is 10. The summed E-state index contributed by atoms with van der Waals surface area (Å²) in [6, 6.07) is 7.26. The molecule has 1 rings (SSSR count). The number of halogens is 1. The maximum absolute atomic E-state index is 12.7. The molecule has 0 radical (unpaired) electrons. The second-order valence-electron chi connectivity index (χ2n) is 6.12. The number of methoxy groups -OCH3 is 1. The highest BCUT2D eigenvalue weighted by Crippen LogP contribution is 2.11. The quantitative estimate of drug-likeness (QED) is 0.461. The summed E-state index contributed by atoms with van der Waals surface area (Å²) in [6.07, 6.45) is 3.29. The number of likely N-dealkylation sites (N-methyl/N-ethyl adjacent to an activating group) is 1. The van der Waals surface area contributed by atoms with Gasteiger partial charge in [0, 0.05) is 30.7 Å². The summed E-state index contributed by atoms with van der Waals surface area (Å²) in [5.74, 6) is -0.806. The molecule has 0 spiro atoms. The monoisotopic (exact) mass is 380 g/mol. The smallest absolute Gasteiger partial charge is 0.310 e. The predicted molar refractivity (Wildman–Crippen MR) is 106 cm³/mol. The van der Waals surface area contributed by atoms with Gasteiger partial charge in [0.25, 0.3) is 0 Å². The fourth-order valence-corrected chi connectivity index (χ4v) is 2.67. The molecule has 0 aliphatic carbocycles. The summed E-state index contributed by atoms with van der Waals surface area (Å²) < 4.78 is 4.78. The molecule has 1 atom stereocenters. The van der Waals surface area contributed by atoms with E-state index in [1.54, 1.807) is 30.0 Å². The zero-order valence-corrected chi connectivity index (χ0v) is 16.8. The molecule has 1 unspecified atom stereocenters. The number of nitrogens with zero attached hydrogens (tertiary/aromatic N) is 2. The predicted octanol–water partition coefficient (Wildman–Crippen LogP) is 3.33. The lowest BCUT2D eigenvalue weighted by atomic mass is 10.1. The first-order valence-corrected chi connectivity index (χ1v) is 9.31. The van der Waals surface area contributed by atoms with Gasteiger partial charge in [-0.25, -0.2) is 0 Å². The zero-order chi connectivity index (χ0) is 19.5. The van der Waals surface area contributed by atoms with Crippen molar-refractivity contribution in [2.45, 2.75) is 20.8 Å². The minimum absolute atomic E-state index is 0.122. The molecule has 26 heavy (non-hydrogen) atoms. The molecule has 0 heterocycles. The Hall–Kier alpha value is -1.85. The molecule has 5 nitrogen and oxygen atoms in total. The van der Waals surface area contributed by atoms with Gasteiger partial charge in [-0.2, -0.15) is 0 Å². The zero-order valence-electron chi connectivity index (χ0n) is 16.1. The van der Waals surface area contributed by atoms with E-state index in [-0.39, 0.29) is 17.8 Å². The third kappa shape index (κ3) is 7.58. The van der Waals surface area contributed by atoms with Crippen molar-refractivity contribution >= 4 is 29.6 Å². The van der Waals surface area contributed by atoms with Crippen molar-refractivity contribution in [3.05, 3.63) is 40.9 Å². The van der Waals surface area contributed by atoms with E-state index in [0.29, 0.717) is 18.1 Å². The number of benzene rings is 1. The SMILES string of the molecule is CCN(CC)CCN(CC(C)C(=O)OC)C(=O)/C=C/c1ccc(Cl)cc1. The second-order valence-corrected chi connectivity index (χ2v) is 6.56. The van der Waals surface area contributed by atoms with E-state index in [9.17, 15) is 9.59 Å². The summed E-state index contributed by atoms with van der Waals surface area (Å²) in [4.78, 5) is 28.3. The average molecular weight is 381 g/mol. The Morgan fingerprint density at radius 1 is 1.15 bits per heavy atom. The van der Waals surface area contributed by atoms with Crippen molar-refractivity contribution in [2.24, 2.45) is 5.92 Å². The van der Waals surface area contributed by atoms with E-state index >= 15 is 0 Å². The van der Waals surface area contributed by atoms with Crippen molar-refractivity contribution in [3.63, 3.8) is 0 Å². The van der Waals surface area contributed by atoms with Crippen LogP contribution in [0.15, 0.2) is 30.3 Å². The van der Waals surface area contributed by atoms with Gasteiger partial charge in [-0.15, -0.1) is 0 Å². The lowest BCUT2D eigenvalue weighted by Gasteiger charge is -2.27. The van der Waals surface area contributed by atoms with Gasteiger partial charge in [0.15, 0.2) is 0 Å². The van der Waals surface area contributed by atoms with Crippen LogP contribution in [0.5, 0.6) is 0 Å². The van der Waals surface area contributed by atoms with Crippen LogP contribution in [-0.4, -0.2) is 61.5 Å². The lowest BCUT2D eigenvalue weighted by Crippen LogP contribution is -2.41. The van der Waals surface area contributed by atoms with E-state index in [1.165, 1.54) is 13.2 Å². The van der Waals surface area contributed by atoms with E-state index in [2.05, 4.69) is 18.7 Å². The highest BCUT2D eigenvalue weighted by molar-refractivity contribution is 6.30. The number of hydrogen-bond acceptors (Lipinski definition) is 4. The van der Waals surface area contributed by atoms with Crippen molar-refractivity contribution in [3.8, 4) is 0 Å². The van der Waals surface area contributed by atoms with Crippen LogP contribution < -0.4 is 0 Å². The first kappa shape index (κ1) is 22.2. The van der Waals surface area contributed by atoms with Gasteiger partial charge in [0.2, 0.25) is 5.91 Å². The molecule has 1 aromatic carbocycles. The van der Waals surface area contributed by atoms with Crippen LogP contribution in [0.3, 0.4) is 0 Å². The van der Waals surface area contributed by atoms with Gasteiger partial charge < -0.3 is 14.5 Å². The van der Waals surface area contributed by atoms with Crippen LogP contribution in [0, 0.1) is 5.92 Å². The summed E-state index contributed by atoms with van der Waals surface area (Å²) in [5, 5.41) is 0.654. The Morgan fingerprint density at radius 2 is 1.77 bits per heavy atom. The third-order valence-corrected chi connectivity index (χ3v) is 4.53. The molecular formula is C20H29ClN2O3. The molecule has 0 bridgehead atoms. The van der Waals surface area contributed by atoms with Gasteiger partial charge in [0.1, 0.15) is 0 Å². The van der Waals surface area contributed by atoms with E-state index in [4.69, 9.17) is 16.3 Å². The third-order valence-electron chi connectivity index (χ3n) is 4.28. The van der Waals surface area contributed by atoms with Crippen LogP contribution in [0.1, 0.15) is 26.3 Å². The minimum atomic E-state index is -0.371. The van der Waals surface area contributed by atoms with E-state index < -0.39 is 0 Å². The molecule has 144 valence electrons. The summed E-state index contributed by atoms with van der Waals surface area (Å²) in [6.45, 7) is 9.45. The maximum atomic E-state index is 12.7. The normalized spacial score (nSPS) is 12.4. The van der Waals surface area contributed by atoms with Crippen LogP contribution in [0.2, 0.25) is 5.02 Å². The molecule has 0 aliphatic heterocycles. The first-order valence-electron chi connectivity index (χ1n) is 8.93. The van der Waals surface area contributed by atoms with Crippen LogP contribution in [0.25, 0.3) is 6.08 Å². The van der Waals surface area contributed by atoms with Crippen LogP contribution >= 0.6 is 11.6 Å². The van der Waals surface area contributed by atoms with Crippen molar-refractivity contribution in [1.29, 1.82) is 0 Å². The molecule has 1 amide bonds. The fourth-order valence-electron chi connectivity index (χ4n) is 2.55. The Labute approximate surface area is 161 Å². The molecule has 6 heteroatoms. The summed E-state index contributed by atoms with van der Waals surface area (Å²) >= 11 is 5.88. The second kappa shape index (κ2) is 11.7. The van der Waals surface area contributed by atoms with E-state index in [1.807, 2.05) is 12.1 Å². The maximum Gasteiger partial charge on any atom is 0.310 e. The highest BCUT2D eigenvalue weighted by atomic mass is 35.5. The summed E-state index contributed by atoms with van der Waals surface area (Å²) in [5.41, 5.74) is 0.896. The average Bonchev–Trinajstić information content (AvgIpc) is 2.66. The Morgan fingerprint density at radius 3 is 2.31 bits per heavy atom. The molecule has 1 aromatic rings. The van der Waals surface area contributed by atoms with Crippen molar-refractivity contribution in [2.75, 3.05) is 39.8 Å². The molecule has 0 fully saturated rings. The van der Waals surface area contributed by atoms with Crippen LogP contribution in [-0.2, 0) is 14.3 Å². The van der Waals surface area contributed by atoms with Gasteiger partial charge >= 0.3 is 5.97 Å². The first-order chi connectivity index (χ1) is 12.4. The van der Waals surface area contributed by atoms with Crippen LogP contribution in [0.4, 0.5) is 0 Å². The molecule has 0 N–H and O–H groups in total. The molecule has 0 saturated carbocycles. The number of amides is 1. The van der Waals surface area contributed by atoms with Crippen molar-refractivity contribution < 1.29 is 14.3 Å². The number of hydrogen-bond donors (Lipinski definition) is 0. The molecule has 0 aliphatic rings. The standard InChI is InChI=1S/C20H29ClN2O3/c1-5-22(6-2)13-14-23(15-16(3)20(25)26-4)19(24)12-9-17-7-10-18(21)11-8-17/h7-12,16H,5-6,13-15H2,1-4H3/b12-9+. The number of esters is 1. The molecule has 0 aromatic heterocycles. The van der Waals surface area contributed by atoms with E-state index in [0.717, 1.165) is 25.2 Å². The number of carbonyl (C=O) groups is 2. The minimum Gasteiger partial charge on any atom is -0.469 e. The molecule has 0 saturated heterocycles. The Balaban J connectivity index is 2.81.